The average Bonchev–Trinajstić information content (AvgIpc) is 3.41. The van der Waals surface area contributed by atoms with Gasteiger partial charge in [-0.15, -0.1) is 0 Å². The molecule has 1 unspecified atom stereocenters. The van der Waals surface area contributed by atoms with Crippen LogP contribution in [-0.4, -0.2) is 35.0 Å². The predicted molar refractivity (Wildman–Crippen MR) is 113 cm³/mol. The molecule has 0 radical (unpaired) electrons. The molecule has 0 fully saturated rings. The van der Waals surface area contributed by atoms with Crippen LogP contribution in [0.1, 0.15) is 27.7 Å². The van der Waals surface area contributed by atoms with E-state index in [1.807, 2.05) is 0 Å². The molecule has 2 N–H and O–H groups in total. The molecular weight excluding hydrogens is 414 g/mol. The van der Waals surface area contributed by atoms with Gasteiger partial charge in [0.2, 0.25) is 5.78 Å². The summed E-state index contributed by atoms with van der Waals surface area (Å²) < 4.78 is 9.85. The lowest BCUT2D eigenvalue weighted by Gasteiger charge is -2.27. The Balaban J connectivity index is 1.79. The number of benzene rings is 2. The summed E-state index contributed by atoms with van der Waals surface area (Å²) in [6.07, 6.45) is 1.38. The molecule has 8 heteroatoms. The largest absolute Gasteiger partial charge is 0.508 e. The maximum absolute atomic E-state index is 13.1. The number of aliphatic hydroxyl groups is 1. The third-order valence-corrected chi connectivity index (χ3v) is 5.17. The number of furan rings is 1. The fraction of sp³-hybridized carbons (Fsp3) is 0.125. The Morgan fingerprint density at radius 3 is 2.44 bits per heavy atom. The number of nitrogens with zero attached hydrogens (tertiary/aromatic N) is 1. The molecule has 3 aromatic rings. The van der Waals surface area contributed by atoms with E-state index in [1.54, 1.807) is 36.4 Å². The molecule has 0 saturated heterocycles. The number of aromatic hydroxyl groups is 1. The zero-order valence-corrected chi connectivity index (χ0v) is 17.0. The number of carbonyl (C=O) groups is 3. The van der Waals surface area contributed by atoms with Crippen molar-refractivity contribution in [2.75, 3.05) is 12.0 Å². The highest BCUT2D eigenvalue weighted by molar-refractivity contribution is 6.20. The molecule has 2 aromatic carbocycles. The van der Waals surface area contributed by atoms with Gasteiger partial charge in [0.25, 0.3) is 5.91 Å². The van der Waals surface area contributed by atoms with Gasteiger partial charge in [-0.1, -0.05) is 24.3 Å². The molecule has 0 aliphatic carbocycles. The van der Waals surface area contributed by atoms with E-state index in [1.165, 1.54) is 42.5 Å². The number of Topliss-reactive ketones (excluding diaryl/α,β-unsaturated/α-hetero) is 1. The minimum absolute atomic E-state index is 0.0280. The molecule has 32 heavy (non-hydrogen) atoms. The number of anilines is 1. The van der Waals surface area contributed by atoms with Crippen LogP contribution in [0.5, 0.6) is 5.75 Å². The normalized spacial score (nSPS) is 15.8. The van der Waals surface area contributed by atoms with Crippen molar-refractivity contribution in [1.82, 2.24) is 0 Å². The summed E-state index contributed by atoms with van der Waals surface area (Å²) in [6.45, 7) is 0. The highest BCUT2D eigenvalue weighted by atomic mass is 16.5. The Morgan fingerprint density at radius 1 is 1.06 bits per heavy atom. The van der Waals surface area contributed by atoms with Crippen molar-refractivity contribution in [3.05, 3.63) is 95.1 Å². The number of hydrogen-bond donors (Lipinski definition) is 2. The van der Waals surface area contributed by atoms with Crippen molar-refractivity contribution in [2.24, 2.45) is 0 Å². The number of esters is 1. The van der Waals surface area contributed by atoms with Gasteiger partial charge in [-0.2, -0.15) is 0 Å². The van der Waals surface area contributed by atoms with Crippen LogP contribution in [0, 0.1) is 0 Å². The average molecular weight is 433 g/mol. The molecule has 2 heterocycles. The van der Waals surface area contributed by atoms with Crippen LogP contribution in [0.2, 0.25) is 0 Å². The number of ketones is 1. The fourth-order valence-corrected chi connectivity index (χ4v) is 3.67. The number of methoxy groups -OCH3 is 1. The Kier molecular flexibility index (Phi) is 5.51. The maximum atomic E-state index is 13.1. The van der Waals surface area contributed by atoms with Gasteiger partial charge in [0.15, 0.2) is 11.5 Å². The Labute approximate surface area is 183 Å². The topological polar surface area (TPSA) is 117 Å². The smallest absolute Gasteiger partial charge is 0.309 e. The molecule has 0 saturated carbocycles. The molecule has 162 valence electrons. The van der Waals surface area contributed by atoms with Gasteiger partial charge in [0, 0.05) is 5.69 Å². The molecule has 8 nitrogen and oxygen atoms in total. The van der Waals surface area contributed by atoms with Crippen LogP contribution in [0.3, 0.4) is 0 Å². The van der Waals surface area contributed by atoms with E-state index < -0.39 is 29.5 Å². The fourth-order valence-electron chi connectivity index (χ4n) is 3.67. The van der Waals surface area contributed by atoms with Crippen LogP contribution in [-0.2, 0) is 20.7 Å². The van der Waals surface area contributed by atoms with E-state index in [2.05, 4.69) is 4.74 Å². The predicted octanol–water partition coefficient (Wildman–Crippen LogP) is 3.48. The molecule has 1 aliphatic rings. The molecule has 0 bridgehead atoms. The van der Waals surface area contributed by atoms with Crippen LogP contribution < -0.4 is 4.90 Å². The molecule has 1 amide bonds. The second-order valence-corrected chi connectivity index (χ2v) is 7.16. The van der Waals surface area contributed by atoms with E-state index in [-0.39, 0.29) is 23.5 Å². The van der Waals surface area contributed by atoms with Crippen molar-refractivity contribution in [2.45, 2.75) is 12.5 Å². The van der Waals surface area contributed by atoms with Crippen LogP contribution >= 0.6 is 0 Å². The van der Waals surface area contributed by atoms with Crippen molar-refractivity contribution in [1.29, 1.82) is 0 Å². The number of amides is 1. The van der Waals surface area contributed by atoms with E-state index >= 15 is 0 Å². The maximum Gasteiger partial charge on any atom is 0.309 e. The number of rotatable bonds is 6. The molecule has 4 rings (SSSR count). The lowest BCUT2D eigenvalue weighted by atomic mass is 9.94. The second kappa shape index (κ2) is 8.43. The summed E-state index contributed by atoms with van der Waals surface area (Å²) in [6, 6.07) is 14.6. The first kappa shape index (κ1) is 20.9. The molecule has 1 aromatic heterocycles. The number of hydrogen-bond acceptors (Lipinski definition) is 7. The third-order valence-electron chi connectivity index (χ3n) is 5.17. The molecule has 1 aliphatic heterocycles. The van der Waals surface area contributed by atoms with Gasteiger partial charge in [0.05, 0.1) is 31.4 Å². The Morgan fingerprint density at radius 2 is 1.81 bits per heavy atom. The van der Waals surface area contributed by atoms with Gasteiger partial charge < -0.3 is 19.4 Å². The zero-order valence-electron chi connectivity index (χ0n) is 17.0. The van der Waals surface area contributed by atoms with Crippen molar-refractivity contribution in [3.8, 4) is 5.75 Å². The van der Waals surface area contributed by atoms with Gasteiger partial charge in [-0.3, -0.25) is 19.3 Å². The number of carbonyl (C=O) groups excluding carboxylic acids is 3. The summed E-state index contributed by atoms with van der Waals surface area (Å²) in [5.41, 5.74) is 1.33. The number of aliphatic hydroxyl groups excluding tert-OH is 1. The van der Waals surface area contributed by atoms with E-state index in [4.69, 9.17) is 4.42 Å². The van der Waals surface area contributed by atoms with Crippen molar-refractivity contribution in [3.63, 3.8) is 0 Å². The monoisotopic (exact) mass is 433 g/mol. The summed E-state index contributed by atoms with van der Waals surface area (Å²) in [4.78, 5) is 39.0. The minimum Gasteiger partial charge on any atom is -0.508 e. The van der Waals surface area contributed by atoms with Gasteiger partial charge >= 0.3 is 5.97 Å². The molecular formula is C24H19NO7. The SMILES string of the molecule is COC(=O)Cc1ccc(N2C(=O)C(O)=C(C(=O)c3ccco3)C2c2cccc(O)c2)cc1. The number of ether oxygens (including phenoxy) is 1. The highest BCUT2D eigenvalue weighted by Crippen LogP contribution is 2.42. The van der Waals surface area contributed by atoms with E-state index in [9.17, 15) is 24.6 Å². The van der Waals surface area contributed by atoms with E-state index in [0.717, 1.165) is 0 Å². The lowest BCUT2D eigenvalue weighted by Crippen LogP contribution is -2.31. The second-order valence-electron chi connectivity index (χ2n) is 7.16. The third kappa shape index (κ3) is 3.74. The summed E-state index contributed by atoms with van der Waals surface area (Å²) >= 11 is 0. The number of phenolic OH excluding ortho intramolecular Hbond substituents is 1. The first-order valence-electron chi connectivity index (χ1n) is 9.70. The van der Waals surface area contributed by atoms with Gasteiger partial charge in [-0.25, -0.2) is 0 Å². The summed E-state index contributed by atoms with van der Waals surface area (Å²) in [5, 5.41) is 20.7. The van der Waals surface area contributed by atoms with E-state index in [0.29, 0.717) is 16.8 Å². The van der Waals surface area contributed by atoms with Crippen LogP contribution in [0.15, 0.2) is 82.7 Å². The number of phenols is 1. The zero-order chi connectivity index (χ0) is 22.8. The minimum atomic E-state index is -1.00. The standard InChI is InChI=1S/C24H19NO7/c1-31-19(27)12-14-7-9-16(10-8-14)25-21(15-4-2-5-17(26)13-15)20(23(29)24(25)30)22(28)18-6-3-11-32-18/h2-11,13,21,26,29H,12H2,1H3. The highest BCUT2D eigenvalue weighted by Gasteiger charge is 2.45. The van der Waals surface area contributed by atoms with Crippen LogP contribution in [0.25, 0.3) is 0 Å². The van der Waals surface area contributed by atoms with Gasteiger partial charge in [0.1, 0.15) is 5.75 Å². The summed E-state index contributed by atoms with van der Waals surface area (Å²) in [7, 11) is 1.30. The van der Waals surface area contributed by atoms with Crippen molar-refractivity contribution < 1.29 is 33.8 Å². The Bertz CT molecular complexity index is 1210. The molecule has 1 atom stereocenters. The van der Waals surface area contributed by atoms with Crippen molar-refractivity contribution >= 4 is 23.3 Å². The first-order valence-corrected chi connectivity index (χ1v) is 9.70. The lowest BCUT2D eigenvalue weighted by molar-refractivity contribution is -0.139. The quantitative estimate of drug-likeness (QED) is 0.451. The van der Waals surface area contributed by atoms with Gasteiger partial charge in [-0.05, 0) is 47.5 Å². The first-order chi connectivity index (χ1) is 15.4. The molecule has 0 spiro atoms. The Hall–Kier alpha value is -4.33. The summed E-state index contributed by atoms with van der Waals surface area (Å²) in [5.74, 6) is -2.59. The van der Waals surface area contributed by atoms with Crippen LogP contribution in [0.4, 0.5) is 5.69 Å².